The Morgan fingerprint density at radius 2 is 1.67 bits per heavy atom. The molecule has 9 nitrogen and oxygen atoms in total. The number of ether oxygens (including phenoxy) is 1. The molecule has 2 aromatic rings. The molecule has 0 spiro atoms. The Morgan fingerprint density at radius 3 is 2.13 bits per heavy atom. The van der Waals surface area contributed by atoms with Crippen LogP contribution in [0.15, 0.2) is 18.2 Å². The number of aliphatic carboxylic acids is 1. The molecular formula is C16H15Cl2F3N4O5. The normalized spacial score (nSPS) is 14.6. The number of alkyl halides is 3. The molecule has 3 rings (SSSR count). The number of carboxylic acid groups (broad SMARTS) is 2. The highest BCUT2D eigenvalue weighted by molar-refractivity contribution is 6.35. The predicted octanol–water partition coefficient (Wildman–Crippen LogP) is 3.49. The summed E-state index contributed by atoms with van der Waals surface area (Å²) in [4.78, 5) is 22.1. The first kappa shape index (κ1) is 23.5. The Morgan fingerprint density at radius 1 is 1.13 bits per heavy atom. The lowest BCUT2D eigenvalue weighted by Crippen LogP contribution is -2.38. The van der Waals surface area contributed by atoms with Gasteiger partial charge in [0.05, 0.1) is 0 Å². The van der Waals surface area contributed by atoms with Crippen LogP contribution in [0.5, 0.6) is 5.88 Å². The standard InChI is InChI=1S/C14H14Cl2N4O3.C2HF3O2/c15-8-5-9(16)7-10(6-8)20-3-1-11(2-4-20)23-13-12(14(21)22)17-19-18-13;3-2(4,5)1(6)7/h5-7,11H,1-4H2,(H,21,22)(H,17,18,19);(H,6,7). The number of halogens is 5. The van der Waals surface area contributed by atoms with Gasteiger partial charge in [0.2, 0.25) is 5.69 Å². The van der Waals surface area contributed by atoms with Crippen molar-refractivity contribution in [3.05, 3.63) is 33.9 Å². The zero-order chi connectivity index (χ0) is 22.5. The number of rotatable bonds is 4. The van der Waals surface area contributed by atoms with Gasteiger partial charge in [-0.2, -0.15) is 13.2 Å². The lowest BCUT2D eigenvalue weighted by molar-refractivity contribution is -0.192. The van der Waals surface area contributed by atoms with E-state index in [4.69, 9.17) is 42.9 Å². The van der Waals surface area contributed by atoms with Gasteiger partial charge in [-0.15, -0.1) is 0 Å². The number of hydrogen-bond acceptors (Lipinski definition) is 6. The van der Waals surface area contributed by atoms with Crippen LogP contribution in [0.25, 0.3) is 0 Å². The van der Waals surface area contributed by atoms with Gasteiger partial charge in [-0.3, -0.25) is 0 Å². The minimum absolute atomic E-state index is 0.0294. The second-order valence-corrected chi connectivity index (χ2v) is 6.90. The van der Waals surface area contributed by atoms with Crippen molar-refractivity contribution in [3.8, 4) is 5.88 Å². The maximum atomic E-state index is 11.0. The molecule has 1 aromatic carbocycles. The SMILES string of the molecule is O=C(O)C(F)(F)F.O=C(O)c1[nH]nnc1OC1CCN(c2cc(Cl)cc(Cl)c2)CC1. The largest absolute Gasteiger partial charge is 0.490 e. The van der Waals surface area contributed by atoms with E-state index in [1.807, 2.05) is 12.1 Å². The quantitative estimate of drug-likeness (QED) is 0.619. The number of carboxylic acids is 2. The maximum Gasteiger partial charge on any atom is 0.490 e. The number of aromatic carboxylic acids is 1. The van der Waals surface area contributed by atoms with E-state index < -0.39 is 18.1 Å². The lowest BCUT2D eigenvalue weighted by atomic mass is 10.1. The van der Waals surface area contributed by atoms with E-state index in [9.17, 15) is 18.0 Å². The van der Waals surface area contributed by atoms with Crippen LogP contribution in [0, 0.1) is 0 Å². The number of benzene rings is 1. The van der Waals surface area contributed by atoms with Crippen molar-refractivity contribution in [2.75, 3.05) is 18.0 Å². The molecule has 0 atom stereocenters. The number of carbonyl (C=O) groups is 2. The van der Waals surface area contributed by atoms with Crippen LogP contribution in [0.4, 0.5) is 18.9 Å². The van der Waals surface area contributed by atoms with Gasteiger partial charge in [0.1, 0.15) is 6.10 Å². The van der Waals surface area contributed by atoms with Gasteiger partial charge >= 0.3 is 18.1 Å². The van der Waals surface area contributed by atoms with E-state index in [0.717, 1.165) is 31.6 Å². The lowest BCUT2D eigenvalue weighted by Gasteiger charge is -2.33. The first-order chi connectivity index (χ1) is 14.0. The molecule has 1 aliphatic heterocycles. The Balaban J connectivity index is 0.000000396. The summed E-state index contributed by atoms with van der Waals surface area (Å²) in [6.07, 6.45) is -3.73. The van der Waals surface area contributed by atoms with Crippen LogP contribution in [0.2, 0.25) is 10.0 Å². The third-order valence-electron chi connectivity index (χ3n) is 3.91. The molecule has 164 valence electrons. The number of aromatic amines is 1. The zero-order valence-electron chi connectivity index (χ0n) is 15.0. The highest BCUT2D eigenvalue weighted by Gasteiger charge is 2.38. The minimum atomic E-state index is -5.08. The van der Waals surface area contributed by atoms with Gasteiger partial charge in [0.25, 0.3) is 5.88 Å². The summed E-state index contributed by atoms with van der Waals surface area (Å²) >= 11 is 12.1. The molecular weight excluding hydrogens is 456 g/mol. The molecule has 0 bridgehead atoms. The van der Waals surface area contributed by atoms with Crippen molar-refractivity contribution in [1.82, 2.24) is 15.4 Å². The number of aromatic nitrogens is 3. The predicted molar refractivity (Wildman–Crippen MR) is 99.4 cm³/mol. The number of anilines is 1. The second-order valence-electron chi connectivity index (χ2n) is 6.03. The van der Waals surface area contributed by atoms with E-state index >= 15 is 0 Å². The molecule has 14 heteroatoms. The molecule has 1 aromatic heterocycles. The fraction of sp³-hybridized carbons (Fsp3) is 0.375. The molecule has 2 heterocycles. The third kappa shape index (κ3) is 6.66. The molecule has 1 saturated heterocycles. The van der Waals surface area contributed by atoms with Crippen LogP contribution < -0.4 is 9.64 Å². The summed E-state index contributed by atoms with van der Waals surface area (Å²) < 4.78 is 37.4. The first-order valence-electron chi connectivity index (χ1n) is 8.29. The molecule has 1 aliphatic rings. The molecule has 0 unspecified atom stereocenters. The Labute approximate surface area is 177 Å². The van der Waals surface area contributed by atoms with E-state index in [1.54, 1.807) is 6.07 Å². The molecule has 30 heavy (non-hydrogen) atoms. The van der Waals surface area contributed by atoms with Crippen LogP contribution >= 0.6 is 23.2 Å². The summed E-state index contributed by atoms with van der Waals surface area (Å²) in [5.74, 6) is -3.87. The van der Waals surface area contributed by atoms with Gasteiger partial charge in [-0.1, -0.05) is 33.5 Å². The fourth-order valence-electron chi connectivity index (χ4n) is 2.55. The number of piperidine rings is 1. The van der Waals surface area contributed by atoms with Crippen LogP contribution in [0.3, 0.4) is 0 Å². The number of hydrogen-bond donors (Lipinski definition) is 3. The third-order valence-corrected chi connectivity index (χ3v) is 4.34. The average molecular weight is 471 g/mol. The Bertz CT molecular complexity index is 881. The van der Waals surface area contributed by atoms with Crippen LogP contribution in [-0.4, -0.2) is 62.9 Å². The van der Waals surface area contributed by atoms with Crippen molar-refractivity contribution in [2.24, 2.45) is 0 Å². The molecule has 0 saturated carbocycles. The van der Waals surface area contributed by atoms with Gasteiger partial charge in [-0.25, -0.2) is 14.7 Å². The highest BCUT2D eigenvalue weighted by Crippen LogP contribution is 2.28. The highest BCUT2D eigenvalue weighted by atomic mass is 35.5. The number of H-pyrrole nitrogens is 1. The summed E-state index contributed by atoms with van der Waals surface area (Å²) in [6, 6.07) is 5.43. The topological polar surface area (TPSA) is 129 Å². The maximum absolute atomic E-state index is 11.0. The summed E-state index contributed by atoms with van der Waals surface area (Å²) in [7, 11) is 0. The van der Waals surface area contributed by atoms with E-state index in [-0.39, 0.29) is 17.7 Å². The van der Waals surface area contributed by atoms with Gasteiger partial charge in [0, 0.05) is 41.7 Å². The smallest absolute Gasteiger partial charge is 0.476 e. The average Bonchev–Trinajstić information content (AvgIpc) is 3.09. The van der Waals surface area contributed by atoms with E-state index in [2.05, 4.69) is 20.3 Å². The molecule has 0 amide bonds. The molecule has 0 aliphatic carbocycles. The first-order valence-corrected chi connectivity index (χ1v) is 9.05. The van der Waals surface area contributed by atoms with Crippen molar-refractivity contribution in [2.45, 2.75) is 25.1 Å². The molecule has 1 fully saturated rings. The van der Waals surface area contributed by atoms with Crippen LogP contribution in [0.1, 0.15) is 23.3 Å². The summed E-state index contributed by atoms with van der Waals surface area (Å²) in [5.41, 5.74) is 0.836. The van der Waals surface area contributed by atoms with Crippen molar-refractivity contribution >= 4 is 40.8 Å². The van der Waals surface area contributed by atoms with Gasteiger partial charge in [-0.05, 0) is 18.2 Å². The van der Waals surface area contributed by atoms with Crippen LogP contribution in [-0.2, 0) is 4.79 Å². The van der Waals surface area contributed by atoms with E-state index in [0.29, 0.717) is 10.0 Å². The van der Waals surface area contributed by atoms with Crippen molar-refractivity contribution in [1.29, 1.82) is 0 Å². The minimum Gasteiger partial charge on any atom is -0.476 e. The van der Waals surface area contributed by atoms with E-state index in [1.165, 1.54) is 0 Å². The van der Waals surface area contributed by atoms with Crippen molar-refractivity contribution in [3.63, 3.8) is 0 Å². The second kappa shape index (κ2) is 9.85. The van der Waals surface area contributed by atoms with Gasteiger partial charge < -0.3 is 19.8 Å². The Hall–Kier alpha value is -2.73. The monoisotopic (exact) mass is 470 g/mol. The molecule has 3 N–H and O–H groups in total. The van der Waals surface area contributed by atoms with Gasteiger partial charge in [0.15, 0.2) is 0 Å². The number of nitrogens with one attached hydrogen (secondary N) is 1. The summed E-state index contributed by atoms with van der Waals surface area (Å²) in [6.45, 7) is 1.50. The summed E-state index contributed by atoms with van der Waals surface area (Å²) in [5, 5.41) is 26.8. The fourth-order valence-corrected chi connectivity index (χ4v) is 3.07. The number of nitrogens with zero attached hydrogens (tertiary/aromatic N) is 3. The Kier molecular flexibility index (Phi) is 7.73. The van der Waals surface area contributed by atoms with Crippen molar-refractivity contribution < 1.29 is 37.7 Å². The zero-order valence-corrected chi connectivity index (χ0v) is 16.5. The molecule has 0 radical (unpaired) electrons.